The molecule has 90 valence electrons. The monoisotopic (exact) mass is 285 g/mol. The highest BCUT2D eigenvalue weighted by Gasteiger charge is 2.02. The van der Waals surface area contributed by atoms with Gasteiger partial charge in [-0.15, -0.1) is 0 Å². The van der Waals surface area contributed by atoms with E-state index in [1.165, 1.54) is 12.1 Å². The Morgan fingerprint density at radius 2 is 1.94 bits per heavy atom. The van der Waals surface area contributed by atoms with Crippen LogP contribution in [0.2, 0.25) is 10.0 Å². The van der Waals surface area contributed by atoms with Crippen LogP contribution in [0.5, 0.6) is 5.75 Å². The molecule has 0 unspecified atom stereocenters. The van der Waals surface area contributed by atoms with Gasteiger partial charge in [-0.2, -0.15) is 0 Å². The number of benzene rings is 1. The average molecular weight is 286 g/mol. The van der Waals surface area contributed by atoms with E-state index in [2.05, 4.69) is 4.18 Å². The van der Waals surface area contributed by atoms with E-state index in [0.717, 1.165) is 0 Å². The first-order chi connectivity index (χ1) is 7.38. The van der Waals surface area contributed by atoms with Gasteiger partial charge in [0.2, 0.25) is 10.4 Å². The molecule has 1 aromatic carbocycles. The van der Waals surface area contributed by atoms with Crippen LogP contribution in [0.25, 0.3) is 0 Å². The summed E-state index contributed by atoms with van der Waals surface area (Å²) in [5.74, 6) is 0.331. The first kappa shape index (κ1) is 13.5. The van der Waals surface area contributed by atoms with E-state index in [0.29, 0.717) is 10.8 Å². The minimum absolute atomic E-state index is 0.108. The van der Waals surface area contributed by atoms with Crippen molar-refractivity contribution in [2.24, 2.45) is 0 Å². The quantitative estimate of drug-likeness (QED) is 0.469. The van der Waals surface area contributed by atoms with Gasteiger partial charge in [-0.1, -0.05) is 23.2 Å². The van der Waals surface area contributed by atoms with Gasteiger partial charge in [-0.05, 0) is 18.2 Å². The standard InChI is InChI=1S/C8H8Cl2O5S/c9-6-1-2-8(7(10)5-6)14-3-4-15-16(11,12)13/h1-2,5H,3-4H2,(H,11,12,13)/p-1. The molecule has 1 aromatic rings. The van der Waals surface area contributed by atoms with Crippen molar-refractivity contribution in [1.82, 2.24) is 0 Å². The van der Waals surface area contributed by atoms with Gasteiger partial charge in [0.25, 0.3) is 0 Å². The largest absolute Gasteiger partial charge is 0.726 e. The lowest BCUT2D eigenvalue weighted by Crippen LogP contribution is -2.11. The first-order valence-corrected chi connectivity index (χ1v) is 6.15. The van der Waals surface area contributed by atoms with E-state index in [1.807, 2.05) is 0 Å². The van der Waals surface area contributed by atoms with E-state index in [9.17, 15) is 13.0 Å². The third-order valence-electron chi connectivity index (χ3n) is 1.46. The fourth-order valence-corrected chi connectivity index (χ4v) is 1.62. The van der Waals surface area contributed by atoms with Crippen LogP contribution in [-0.2, 0) is 14.6 Å². The van der Waals surface area contributed by atoms with Crippen LogP contribution in [0.15, 0.2) is 18.2 Å². The van der Waals surface area contributed by atoms with Crippen molar-refractivity contribution >= 4 is 33.6 Å². The Kier molecular flexibility index (Phi) is 4.82. The van der Waals surface area contributed by atoms with Gasteiger partial charge in [-0.3, -0.25) is 4.18 Å². The van der Waals surface area contributed by atoms with Crippen LogP contribution in [0.1, 0.15) is 0 Å². The fraction of sp³-hybridized carbons (Fsp3) is 0.250. The highest BCUT2D eigenvalue weighted by molar-refractivity contribution is 7.80. The molecule has 0 saturated heterocycles. The van der Waals surface area contributed by atoms with Crippen molar-refractivity contribution in [1.29, 1.82) is 0 Å². The lowest BCUT2D eigenvalue weighted by molar-refractivity contribution is 0.199. The van der Waals surface area contributed by atoms with Crippen molar-refractivity contribution in [2.75, 3.05) is 13.2 Å². The first-order valence-electron chi connectivity index (χ1n) is 4.06. The number of hydrogen-bond donors (Lipinski definition) is 0. The van der Waals surface area contributed by atoms with E-state index in [4.69, 9.17) is 27.9 Å². The zero-order chi connectivity index (χ0) is 12.2. The van der Waals surface area contributed by atoms with Crippen LogP contribution < -0.4 is 4.74 Å². The van der Waals surface area contributed by atoms with Crippen molar-refractivity contribution in [3.8, 4) is 5.75 Å². The third-order valence-corrected chi connectivity index (χ3v) is 2.45. The number of hydrogen-bond acceptors (Lipinski definition) is 5. The summed E-state index contributed by atoms with van der Waals surface area (Å²) in [5.41, 5.74) is 0. The molecule has 0 amide bonds. The Morgan fingerprint density at radius 3 is 2.50 bits per heavy atom. The lowest BCUT2D eigenvalue weighted by Gasteiger charge is -2.10. The maximum Gasteiger partial charge on any atom is 0.217 e. The summed E-state index contributed by atoms with van der Waals surface area (Å²) in [4.78, 5) is 0. The van der Waals surface area contributed by atoms with Gasteiger partial charge in [-0.25, -0.2) is 8.42 Å². The minimum atomic E-state index is -4.68. The molecular weight excluding hydrogens is 279 g/mol. The number of rotatable bonds is 5. The smallest absolute Gasteiger partial charge is 0.217 e. The fourth-order valence-electron chi connectivity index (χ4n) is 0.880. The van der Waals surface area contributed by atoms with E-state index < -0.39 is 10.4 Å². The Balaban J connectivity index is 2.43. The Bertz CT molecular complexity index is 459. The Morgan fingerprint density at radius 1 is 1.25 bits per heavy atom. The SMILES string of the molecule is O=S(=O)([O-])OCCOc1ccc(Cl)cc1Cl. The zero-order valence-corrected chi connectivity index (χ0v) is 10.2. The molecule has 1 rings (SSSR count). The predicted octanol–water partition coefficient (Wildman–Crippen LogP) is 1.85. The molecule has 0 aromatic heterocycles. The normalized spacial score (nSPS) is 11.4. The molecule has 0 aliphatic heterocycles. The van der Waals surface area contributed by atoms with Crippen LogP contribution >= 0.6 is 23.2 Å². The Labute approximate surface area is 103 Å². The van der Waals surface area contributed by atoms with Crippen LogP contribution in [0.4, 0.5) is 0 Å². The zero-order valence-electron chi connectivity index (χ0n) is 7.85. The minimum Gasteiger partial charge on any atom is -0.726 e. The lowest BCUT2D eigenvalue weighted by atomic mass is 10.3. The van der Waals surface area contributed by atoms with Crippen molar-refractivity contribution in [3.05, 3.63) is 28.2 Å². The molecule has 0 aliphatic rings. The van der Waals surface area contributed by atoms with E-state index in [1.54, 1.807) is 6.07 Å². The molecule has 0 aliphatic carbocycles. The summed E-state index contributed by atoms with van der Waals surface area (Å²) < 4.78 is 39.2. The van der Waals surface area contributed by atoms with E-state index >= 15 is 0 Å². The van der Waals surface area contributed by atoms with Gasteiger partial charge in [0.1, 0.15) is 12.4 Å². The highest BCUT2D eigenvalue weighted by atomic mass is 35.5. The molecule has 0 spiro atoms. The van der Waals surface area contributed by atoms with Gasteiger partial charge in [0, 0.05) is 5.02 Å². The molecule has 0 bridgehead atoms. The second-order valence-electron chi connectivity index (χ2n) is 2.65. The molecule has 0 atom stereocenters. The van der Waals surface area contributed by atoms with Crippen molar-refractivity contribution in [3.63, 3.8) is 0 Å². The second-order valence-corrected chi connectivity index (χ2v) is 4.55. The van der Waals surface area contributed by atoms with Gasteiger partial charge < -0.3 is 9.29 Å². The second kappa shape index (κ2) is 5.70. The Hall–Kier alpha value is -0.530. The number of ether oxygens (including phenoxy) is 1. The van der Waals surface area contributed by atoms with Crippen LogP contribution in [-0.4, -0.2) is 26.2 Å². The van der Waals surface area contributed by atoms with Gasteiger partial charge in [0.15, 0.2) is 0 Å². The molecule has 0 N–H and O–H groups in total. The van der Waals surface area contributed by atoms with Crippen molar-refractivity contribution in [2.45, 2.75) is 0 Å². The van der Waals surface area contributed by atoms with Crippen LogP contribution in [0.3, 0.4) is 0 Å². The maximum absolute atomic E-state index is 10.1. The summed E-state index contributed by atoms with van der Waals surface area (Å²) in [6.45, 7) is -0.479. The predicted molar refractivity (Wildman–Crippen MR) is 57.6 cm³/mol. The van der Waals surface area contributed by atoms with Crippen molar-refractivity contribution < 1.29 is 21.9 Å². The molecule has 0 heterocycles. The average Bonchev–Trinajstić information content (AvgIpc) is 2.13. The van der Waals surface area contributed by atoms with E-state index in [-0.39, 0.29) is 18.2 Å². The highest BCUT2D eigenvalue weighted by Crippen LogP contribution is 2.27. The molecule has 0 fully saturated rings. The van der Waals surface area contributed by atoms with Gasteiger partial charge in [0.05, 0.1) is 11.6 Å². The summed E-state index contributed by atoms with van der Waals surface area (Å²) in [6, 6.07) is 4.56. The summed E-state index contributed by atoms with van der Waals surface area (Å²) in [7, 11) is -4.68. The molecule has 0 saturated carbocycles. The van der Waals surface area contributed by atoms with Crippen LogP contribution in [0, 0.1) is 0 Å². The topological polar surface area (TPSA) is 75.7 Å². The molecule has 0 radical (unpaired) electrons. The molecule has 16 heavy (non-hydrogen) atoms. The molecular formula is C8H7Cl2O5S-. The van der Waals surface area contributed by atoms with Gasteiger partial charge >= 0.3 is 0 Å². The summed E-state index contributed by atoms with van der Waals surface area (Å²) in [5, 5.41) is 0.744. The molecule has 5 nitrogen and oxygen atoms in total. The molecule has 8 heteroatoms. The summed E-state index contributed by atoms with van der Waals surface area (Å²) in [6.07, 6.45) is 0. The maximum atomic E-state index is 10.1. The number of halogens is 2. The summed E-state index contributed by atoms with van der Waals surface area (Å²) >= 11 is 11.4. The third kappa shape index (κ3) is 5.00.